The number of carbonyl (C=O) groups is 1. The van der Waals surface area contributed by atoms with Gasteiger partial charge in [-0.1, -0.05) is 23.7 Å². The molecule has 0 saturated carbocycles. The zero-order valence-electron chi connectivity index (χ0n) is 10.6. The van der Waals surface area contributed by atoms with Crippen LogP contribution in [0.4, 0.5) is 5.82 Å². The minimum atomic E-state index is -0.258. The van der Waals surface area contributed by atoms with Crippen LogP contribution in [0, 0.1) is 0 Å². The first-order valence-electron chi connectivity index (χ1n) is 6.31. The second-order valence-electron chi connectivity index (χ2n) is 4.71. The Balaban J connectivity index is 1.90. The lowest BCUT2D eigenvalue weighted by Crippen LogP contribution is -2.31. The molecule has 2 aromatic rings. The van der Waals surface area contributed by atoms with Gasteiger partial charge >= 0.3 is 0 Å². The summed E-state index contributed by atoms with van der Waals surface area (Å²) >= 11 is 6.01. The highest BCUT2D eigenvalue weighted by Gasteiger charge is 2.33. The molecule has 0 spiro atoms. The van der Waals surface area contributed by atoms with Gasteiger partial charge in [-0.15, -0.1) is 0 Å². The van der Waals surface area contributed by atoms with Crippen LogP contribution in [0.2, 0.25) is 5.02 Å². The number of nitrogens with zero attached hydrogens (tertiary/aromatic N) is 3. The molecule has 1 atom stereocenters. The number of hydrogen-bond donors (Lipinski definition) is 1. The molecule has 1 fully saturated rings. The Morgan fingerprint density at radius 1 is 1.45 bits per heavy atom. The van der Waals surface area contributed by atoms with Gasteiger partial charge in [-0.2, -0.15) is 0 Å². The number of hydrogen-bond acceptors (Lipinski definition) is 5. The van der Waals surface area contributed by atoms with E-state index in [-0.39, 0.29) is 23.5 Å². The highest BCUT2D eigenvalue weighted by atomic mass is 35.5. The summed E-state index contributed by atoms with van der Waals surface area (Å²) in [5, 5.41) is 7.68. The number of anilines is 1. The summed E-state index contributed by atoms with van der Waals surface area (Å²) < 4.78 is 4.49. The number of halogens is 1. The van der Waals surface area contributed by atoms with E-state index in [2.05, 4.69) is 14.9 Å². The number of rotatable bonds is 2. The number of likely N-dealkylation sites (tertiary alicyclic amines) is 1. The quantitative estimate of drug-likeness (QED) is 0.918. The molecule has 1 aromatic carbocycles. The lowest BCUT2D eigenvalue weighted by atomic mass is 10.0. The van der Waals surface area contributed by atoms with E-state index in [0.717, 1.165) is 18.4 Å². The highest BCUT2D eigenvalue weighted by Crippen LogP contribution is 2.34. The van der Waals surface area contributed by atoms with Gasteiger partial charge in [-0.05, 0) is 40.9 Å². The molecule has 104 valence electrons. The van der Waals surface area contributed by atoms with Crippen molar-refractivity contribution in [3.05, 3.63) is 40.5 Å². The Morgan fingerprint density at radius 3 is 3.00 bits per heavy atom. The molecule has 2 heterocycles. The van der Waals surface area contributed by atoms with E-state index < -0.39 is 0 Å². The van der Waals surface area contributed by atoms with Gasteiger partial charge in [0.25, 0.3) is 5.91 Å². The molecule has 1 saturated heterocycles. The molecule has 1 aliphatic heterocycles. The van der Waals surface area contributed by atoms with Crippen LogP contribution in [0.3, 0.4) is 0 Å². The minimum absolute atomic E-state index is 0.0164. The third kappa shape index (κ3) is 2.22. The average Bonchev–Trinajstić information content (AvgIpc) is 3.06. The maximum atomic E-state index is 12.4. The number of nitrogens with two attached hydrogens (primary N) is 1. The first-order valence-corrected chi connectivity index (χ1v) is 6.69. The van der Waals surface area contributed by atoms with Crippen LogP contribution in [-0.4, -0.2) is 27.7 Å². The van der Waals surface area contributed by atoms with Crippen molar-refractivity contribution in [3.8, 4) is 0 Å². The smallest absolute Gasteiger partial charge is 0.280 e. The fraction of sp³-hybridized carbons (Fsp3) is 0.308. The van der Waals surface area contributed by atoms with Gasteiger partial charge in [0, 0.05) is 11.6 Å². The third-order valence-electron chi connectivity index (χ3n) is 3.46. The van der Waals surface area contributed by atoms with E-state index in [4.69, 9.17) is 17.3 Å². The molecule has 3 rings (SSSR count). The fourth-order valence-electron chi connectivity index (χ4n) is 2.55. The maximum absolute atomic E-state index is 12.4. The normalized spacial score (nSPS) is 18.4. The predicted octanol–water partition coefficient (Wildman–Crippen LogP) is 2.28. The first kappa shape index (κ1) is 12.9. The van der Waals surface area contributed by atoms with Crippen molar-refractivity contribution in [2.75, 3.05) is 12.3 Å². The minimum Gasteiger partial charge on any atom is -0.379 e. The van der Waals surface area contributed by atoms with Crippen LogP contribution in [0.5, 0.6) is 0 Å². The second-order valence-corrected chi connectivity index (χ2v) is 5.15. The van der Waals surface area contributed by atoms with E-state index >= 15 is 0 Å². The molecule has 1 aromatic heterocycles. The van der Waals surface area contributed by atoms with Crippen molar-refractivity contribution >= 4 is 23.3 Å². The summed E-state index contributed by atoms with van der Waals surface area (Å²) in [7, 11) is 0. The van der Waals surface area contributed by atoms with Crippen molar-refractivity contribution in [1.29, 1.82) is 0 Å². The van der Waals surface area contributed by atoms with Gasteiger partial charge in [0.2, 0.25) is 11.5 Å². The fourth-order valence-corrected chi connectivity index (χ4v) is 2.75. The summed E-state index contributed by atoms with van der Waals surface area (Å²) in [4.78, 5) is 14.2. The molecule has 1 amide bonds. The topological polar surface area (TPSA) is 85.2 Å². The van der Waals surface area contributed by atoms with Crippen LogP contribution >= 0.6 is 11.6 Å². The zero-order valence-corrected chi connectivity index (χ0v) is 11.4. The van der Waals surface area contributed by atoms with E-state index in [9.17, 15) is 4.79 Å². The third-order valence-corrected chi connectivity index (χ3v) is 3.70. The molecule has 0 bridgehead atoms. The van der Waals surface area contributed by atoms with E-state index in [0.29, 0.717) is 11.6 Å². The maximum Gasteiger partial charge on any atom is 0.280 e. The van der Waals surface area contributed by atoms with Gasteiger partial charge in [0.05, 0.1) is 6.04 Å². The van der Waals surface area contributed by atoms with Crippen molar-refractivity contribution < 1.29 is 9.42 Å². The summed E-state index contributed by atoms with van der Waals surface area (Å²) in [5.74, 6) is -0.238. The van der Waals surface area contributed by atoms with Crippen LogP contribution in [-0.2, 0) is 0 Å². The Morgan fingerprint density at radius 2 is 2.30 bits per heavy atom. The number of aromatic nitrogens is 2. The molecule has 2 N–H and O–H groups in total. The van der Waals surface area contributed by atoms with Crippen LogP contribution < -0.4 is 5.73 Å². The molecule has 1 unspecified atom stereocenters. The number of nitrogen functional groups attached to an aromatic ring is 1. The molecule has 0 radical (unpaired) electrons. The van der Waals surface area contributed by atoms with Gasteiger partial charge in [-0.25, -0.2) is 4.63 Å². The van der Waals surface area contributed by atoms with E-state index in [1.807, 2.05) is 24.3 Å². The standard InChI is InChI=1S/C13H13ClN4O2/c14-9-4-1-3-8(7-9)10-5-2-6-18(10)13(19)11-12(15)17-20-16-11/h1,3-4,7,10H,2,5-6H2,(H2,15,17). The summed E-state index contributed by atoms with van der Waals surface area (Å²) in [6.07, 6.45) is 1.81. The monoisotopic (exact) mass is 292 g/mol. The molecule has 6 nitrogen and oxygen atoms in total. The molecular weight excluding hydrogens is 280 g/mol. The number of benzene rings is 1. The molecular formula is C13H13ClN4O2. The van der Waals surface area contributed by atoms with Gasteiger partial charge in [0.1, 0.15) is 0 Å². The first-order chi connectivity index (χ1) is 9.66. The van der Waals surface area contributed by atoms with Gasteiger partial charge in [0.15, 0.2) is 0 Å². The molecule has 1 aliphatic rings. The van der Waals surface area contributed by atoms with E-state index in [1.54, 1.807) is 4.90 Å². The largest absolute Gasteiger partial charge is 0.379 e. The van der Waals surface area contributed by atoms with Crippen molar-refractivity contribution in [2.45, 2.75) is 18.9 Å². The SMILES string of the molecule is Nc1nonc1C(=O)N1CCCC1c1cccc(Cl)c1. The summed E-state index contributed by atoms with van der Waals surface area (Å²) in [6.45, 7) is 0.655. The zero-order chi connectivity index (χ0) is 14.1. The summed E-state index contributed by atoms with van der Waals surface area (Å²) in [6, 6.07) is 7.52. The van der Waals surface area contributed by atoms with Gasteiger partial charge < -0.3 is 10.6 Å². The van der Waals surface area contributed by atoms with Crippen molar-refractivity contribution in [2.24, 2.45) is 0 Å². The Hall–Kier alpha value is -2.08. The molecule has 20 heavy (non-hydrogen) atoms. The molecule has 0 aliphatic carbocycles. The summed E-state index contributed by atoms with van der Waals surface area (Å²) in [5.41, 5.74) is 6.66. The lowest BCUT2D eigenvalue weighted by Gasteiger charge is -2.24. The van der Waals surface area contributed by atoms with Crippen molar-refractivity contribution in [1.82, 2.24) is 15.2 Å². The number of amides is 1. The van der Waals surface area contributed by atoms with E-state index in [1.165, 1.54) is 0 Å². The number of carbonyl (C=O) groups excluding carboxylic acids is 1. The van der Waals surface area contributed by atoms with Crippen LogP contribution in [0.15, 0.2) is 28.9 Å². The Labute approximate surface area is 120 Å². The van der Waals surface area contributed by atoms with Crippen molar-refractivity contribution in [3.63, 3.8) is 0 Å². The van der Waals surface area contributed by atoms with Crippen LogP contribution in [0.25, 0.3) is 0 Å². The Bertz CT molecular complexity index is 643. The van der Waals surface area contributed by atoms with Crippen LogP contribution in [0.1, 0.15) is 34.9 Å². The predicted molar refractivity (Wildman–Crippen MR) is 73.2 cm³/mol. The average molecular weight is 293 g/mol. The highest BCUT2D eigenvalue weighted by molar-refractivity contribution is 6.30. The molecule has 7 heteroatoms. The second kappa shape index (κ2) is 5.13. The van der Waals surface area contributed by atoms with Gasteiger partial charge in [-0.3, -0.25) is 4.79 Å². The lowest BCUT2D eigenvalue weighted by molar-refractivity contribution is 0.0725. The Kier molecular flexibility index (Phi) is 3.31.